The van der Waals surface area contributed by atoms with Crippen LogP contribution in [-0.2, 0) is 6.54 Å². The average molecular weight is 316 g/mol. The Balaban J connectivity index is 1.68. The summed E-state index contributed by atoms with van der Waals surface area (Å²) in [5.74, 6) is -0.0588. The van der Waals surface area contributed by atoms with Crippen LogP contribution >= 0.6 is 11.3 Å². The lowest BCUT2D eigenvalue weighted by Gasteiger charge is -2.30. The van der Waals surface area contributed by atoms with Crippen LogP contribution in [0.15, 0.2) is 41.8 Å². The Hall–Kier alpha value is -1.69. The van der Waals surface area contributed by atoms with Crippen LogP contribution in [0.1, 0.15) is 28.1 Å². The molecule has 1 fully saturated rings. The third-order valence-corrected chi connectivity index (χ3v) is 4.83. The molecule has 3 rings (SSSR count). The highest BCUT2D eigenvalue weighted by atomic mass is 32.1. The molecule has 0 saturated carbocycles. The van der Waals surface area contributed by atoms with Crippen LogP contribution in [-0.4, -0.2) is 35.1 Å². The maximum atomic E-state index is 12.2. The van der Waals surface area contributed by atoms with Gasteiger partial charge >= 0.3 is 0 Å². The van der Waals surface area contributed by atoms with Crippen LogP contribution in [0.2, 0.25) is 0 Å². The van der Waals surface area contributed by atoms with E-state index in [4.69, 9.17) is 0 Å². The Labute approximate surface area is 134 Å². The number of carbonyl (C=O) groups is 1. The predicted octanol–water partition coefficient (Wildman–Crippen LogP) is 2.96. The molecular formula is C17H20N2O2S. The van der Waals surface area contributed by atoms with E-state index in [1.54, 1.807) is 0 Å². The first kappa shape index (κ1) is 15.2. The molecule has 1 amide bonds. The molecule has 1 saturated heterocycles. The zero-order chi connectivity index (χ0) is 15.4. The smallest absolute Gasteiger partial charge is 0.265 e. The summed E-state index contributed by atoms with van der Waals surface area (Å²) < 4.78 is 0. The van der Waals surface area contributed by atoms with Gasteiger partial charge in [-0.25, -0.2) is 0 Å². The van der Waals surface area contributed by atoms with E-state index >= 15 is 0 Å². The minimum atomic E-state index is -0.162. The summed E-state index contributed by atoms with van der Waals surface area (Å²) >= 11 is 1.44. The summed E-state index contributed by atoms with van der Waals surface area (Å²) in [5.41, 5.74) is 1.98. The topological polar surface area (TPSA) is 52.6 Å². The Morgan fingerprint density at radius 1 is 1.23 bits per heavy atom. The van der Waals surface area contributed by atoms with Gasteiger partial charge in [0.2, 0.25) is 0 Å². The first-order chi connectivity index (χ1) is 10.7. The standard InChI is InChI=1S/C17H20N2O2S/c20-14-7-9-19(10-8-14)12-13-4-1-2-5-15(13)18-17(21)16-6-3-11-22-16/h1-6,11,14,20H,7-10,12H2,(H,18,21). The minimum absolute atomic E-state index is 0.0588. The number of amides is 1. The molecule has 0 bridgehead atoms. The van der Waals surface area contributed by atoms with E-state index in [0.717, 1.165) is 48.6 Å². The Kier molecular flexibility index (Phi) is 4.87. The van der Waals surface area contributed by atoms with Crippen molar-refractivity contribution in [1.82, 2.24) is 4.90 Å². The molecule has 22 heavy (non-hydrogen) atoms. The number of nitrogens with zero attached hydrogens (tertiary/aromatic N) is 1. The number of hydrogen-bond donors (Lipinski definition) is 2. The van der Waals surface area contributed by atoms with Gasteiger partial charge in [0.1, 0.15) is 0 Å². The van der Waals surface area contributed by atoms with E-state index in [2.05, 4.69) is 16.3 Å². The van der Waals surface area contributed by atoms with Crippen molar-refractivity contribution in [2.45, 2.75) is 25.5 Å². The fourth-order valence-electron chi connectivity index (χ4n) is 2.69. The van der Waals surface area contributed by atoms with Crippen LogP contribution in [0.3, 0.4) is 0 Å². The molecule has 2 aromatic rings. The second-order valence-corrected chi connectivity index (χ2v) is 6.54. The summed E-state index contributed by atoms with van der Waals surface area (Å²) in [5, 5.41) is 14.5. The molecule has 2 heterocycles. The highest BCUT2D eigenvalue weighted by molar-refractivity contribution is 7.12. The number of likely N-dealkylation sites (tertiary alicyclic amines) is 1. The van der Waals surface area contributed by atoms with Crippen molar-refractivity contribution in [3.63, 3.8) is 0 Å². The number of aliphatic hydroxyl groups is 1. The third kappa shape index (κ3) is 3.74. The van der Waals surface area contributed by atoms with Crippen molar-refractivity contribution >= 4 is 22.9 Å². The molecule has 4 nitrogen and oxygen atoms in total. The van der Waals surface area contributed by atoms with Gasteiger partial charge in [-0.1, -0.05) is 24.3 Å². The molecule has 0 aliphatic carbocycles. The van der Waals surface area contributed by atoms with Crippen molar-refractivity contribution in [2.75, 3.05) is 18.4 Å². The number of aliphatic hydroxyl groups excluding tert-OH is 1. The number of hydrogen-bond acceptors (Lipinski definition) is 4. The zero-order valence-corrected chi connectivity index (χ0v) is 13.2. The van der Waals surface area contributed by atoms with Gasteiger partial charge in [0.05, 0.1) is 11.0 Å². The van der Waals surface area contributed by atoms with Crippen molar-refractivity contribution in [1.29, 1.82) is 0 Å². The molecule has 1 aromatic carbocycles. The zero-order valence-electron chi connectivity index (χ0n) is 12.4. The lowest BCUT2D eigenvalue weighted by atomic mass is 10.1. The van der Waals surface area contributed by atoms with E-state index in [9.17, 15) is 9.90 Å². The first-order valence-electron chi connectivity index (χ1n) is 7.55. The van der Waals surface area contributed by atoms with Crippen LogP contribution in [0, 0.1) is 0 Å². The van der Waals surface area contributed by atoms with E-state index in [1.807, 2.05) is 35.7 Å². The maximum absolute atomic E-state index is 12.2. The van der Waals surface area contributed by atoms with E-state index < -0.39 is 0 Å². The maximum Gasteiger partial charge on any atom is 0.265 e. The van der Waals surface area contributed by atoms with Gasteiger partial charge in [0, 0.05) is 25.3 Å². The summed E-state index contributed by atoms with van der Waals surface area (Å²) in [7, 11) is 0. The van der Waals surface area contributed by atoms with Crippen molar-refractivity contribution in [2.24, 2.45) is 0 Å². The normalized spacial score (nSPS) is 16.6. The Bertz CT molecular complexity index is 619. The van der Waals surface area contributed by atoms with E-state index in [-0.39, 0.29) is 12.0 Å². The fourth-order valence-corrected chi connectivity index (χ4v) is 3.31. The number of para-hydroxylation sites is 1. The molecule has 0 unspecified atom stereocenters. The van der Waals surface area contributed by atoms with Gasteiger partial charge in [-0.2, -0.15) is 0 Å². The van der Waals surface area contributed by atoms with Crippen molar-refractivity contribution in [3.05, 3.63) is 52.2 Å². The second-order valence-electron chi connectivity index (χ2n) is 5.60. The van der Waals surface area contributed by atoms with Crippen LogP contribution < -0.4 is 5.32 Å². The second kappa shape index (κ2) is 7.05. The predicted molar refractivity (Wildman–Crippen MR) is 89.2 cm³/mol. The van der Waals surface area contributed by atoms with Gasteiger partial charge in [-0.05, 0) is 35.9 Å². The van der Waals surface area contributed by atoms with Gasteiger partial charge in [-0.15, -0.1) is 11.3 Å². The molecule has 2 N–H and O–H groups in total. The van der Waals surface area contributed by atoms with Crippen LogP contribution in [0.4, 0.5) is 5.69 Å². The molecule has 0 spiro atoms. The van der Waals surface area contributed by atoms with Gasteiger partial charge in [-0.3, -0.25) is 9.69 Å². The molecule has 1 aliphatic rings. The number of rotatable bonds is 4. The molecule has 1 aliphatic heterocycles. The molecular weight excluding hydrogens is 296 g/mol. The third-order valence-electron chi connectivity index (χ3n) is 3.96. The number of carbonyl (C=O) groups excluding carboxylic acids is 1. The lowest BCUT2D eigenvalue weighted by molar-refractivity contribution is 0.0793. The fraction of sp³-hybridized carbons (Fsp3) is 0.353. The number of benzene rings is 1. The van der Waals surface area contributed by atoms with Crippen molar-refractivity contribution < 1.29 is 9.90 Å². The molecule has 0 radical (unpaired) electrons. The molecule has 5 heteroatoms. The highest BCUT2D eigenvalue weighted by Gasteiger charge is 2.18. The lowest BCUT2D eigenvalue weighted by Crippen LogP contribution is -2.35. The molecule has 1 aromatic heterocycles. The Morgan fingerprint density at radius 2 is 2.00 bits per heavy atom. The minimum Gasteiger partial charge on any atom is -0.393 e. The van der Waals surface area contributed by atoms with Gasteiger partial charge in [0.15, 0.2) is 0 Å². The summed E-state index contributed by atoms with van der Waals surface area (Å²) in [6.07, 6.45) is 1.48. The SMILES string of the molecule is O=C(Nc1ccccc1CN1CCC(O)CC1)c1cccs1. The van der Waals surface area contributed by atoms with E-state index in [0.29, 0.717) is 0 Å². The summed E-state index contributed by atoms with van der Waals surface area (Å²) in [6, 6.07) is 11.6. The van der Waals surface area contributed by atoms with Crippen molar-refractivity contribution in [3.8, 4) is 0 Å². The molecule has 0 atom stereocenters. The van der Waals surface area contributed by atoms with Gasteiger partial charge < -0.3 is 10.4 Å². The van der Waals surface area contributed by atoms with E-state index in [1.165, 1.54) is 11.3 Å². The molecule has 116 valence electrons. The van der Waals surface area contributed by atoms with Crippen LogP contribution in [0.5, 0.6) is 0 Å². The Morgan fingerprint density at radius 3 is 2.73 bits per heavy atom. The quantitative estimate of drug-likeness (QED) is 0.912. The summed E-state index contributed by atoms with van der Waals surface area (Å²) in [6.45, 7) is 2.59. The number of anilines is 1. The number of nitrogens with one attached hydrogen (secondary N) is 1. The van der Waals surface area contributed by atoms with Gasteiger partial charge in [0.25, 0.3) is 5.91 Å². The summed E-state index contributed by atoms with van der Waals surface area (Å²) in [4.78, 5) is 15.3. The highest BCUT2D eigenvalue weighted by Crippen LogP contribution is 2.21. The average Bonchev–Trinajstić information content (AvgIpc) is 3.06. The monoisotopic (exact) mass is 316 g/mol. The largest absolute Gasteiger partial charge is 0.393 e. The first-order valence-corrected chi connectivity index (χ1v) is 8.43. The number of thiophene rings is 1. The van der Waals surface area contributed by atoms with Crippen LogP contribution in [0.25, 0.3) is 0 Å². The number of piperidine rings is 1.